The van der Waals surface area contributed by atoms with E-state index in [1.165, 1.54) is 0 Å². The highest BCUT2D eigenvalue weighted by molar-refractivity contribution is 7.90. The van der Waals surface area contributed by atoms with Gasteiger partial charge in [0.15, 0.2) is 0 Å². The highest BCUT2D eigenvalue weighted by atomic mass is 32.2. The number of amides is 1. The van der Waals surface area contributed by atoms with Gasteiger partial charge in [-0.05, 0) is 48.4 Å². The lowest BCUT2D eigenvalue weighted by molar-refractivity contribution is -0.124. The van der Waals surface area contributed by atoms with Crippen LogP contribution in [0.15, 0.2) is 54.6 Å². The molecule has 2 aromatic carbocycles. The summed E-state index contributed by atoms with van der Waals surface area (Å²) in [6.07, 6.45) is 0.458. The van der Waals surface area contributed by atoms with Crippen molar-refractivity contribution >= 4 is 25.8 Å². The van der Waals surface area contributed by atoms with Gasteiger partial charge in [-0.15, -0.1) is 0 Å². The summed E-state index contributed by atoms with van der Waals surface area (Å²) in [5.41, 5.74) is 1.82. The number of carbonyl (C=O) groups excluding carboxylic acids is 1. The van der Waals surface area contributed by atoms with Crippen LogP contribution in [0.5, 0.6) is 5.75 Å². The zero-order valence-electron chi connectivity index (χ0n) is 23.7. The third-order valence-electron chi connectivity index (χ3n) is 6.29. The summed E-state index contributed by atoms with van der Waals surface area (Å²) in [4.78, 5) is 13.4. The van der Waals surface area contributed by atoms with E-state index in [0.717, 1.165) is 17.4 Å². The van der Waals surface area contributed by atoms with Crippen molar-refractivity contribution in [1.82, 2.24) is 15.4 Å². The summed E-state index contributed by atoms with van der Waals surface area (Å²) in [5, 5.41) is 17.0. The Morgan fingerprint density at radius 2 is 1.62 bits per heavy atom. The molecule has 1 amide bonds. The van der Waals surface area contributed by atoms with Crippen LogP contribution in [0.4, 0.5) is 0 Å². The van der Waals surface area contributed by atoms with Crippen LogP contribution in [-0.4, -0.2) is 77.5 Å². The maximum atomic E-state index is 13.4. The lowest BCUT2D eigenvalue weighted by Crippen LogP contribution is -2.55. The predicted octanol–water partition coefficient (Wildman–Crippen LogP) is 1.64. The van der Waals surface area contributed by atoms with E-state index < -0.39 is 44.0 Å². The van der Waals surface area contributed by atoms with Gasteiger partial charge >= 0.3 is 0 Å². The summed E-state index contributed by atoms with van der Waals surface area (Å²) in [7, 11) is -5.71. The second kappa shape index (κ2) is 16.1. The molecule has 0 aliphatic rings. The number of sulfonamides is 1. The van der Waals surface area contributed by atoms with Crippen molar-refractivity contribution < 1.29 is 31.5 Å². The molecule has 3 atom stereocenters. The molecule has 0 spiro atoms. The number of aliphatic hydroxyl groups is 1. The Bertz CT molecular complexity index is 1270. The van der Waals surface area contributed by atoms with E-state index in [2.05, 4.69) is 15.4 Å². The molecule has 0 aliphatic carbocycles. The van der Waals surface area contributed by atoms with E-state index >= 15 is 0 Å². The highest BCUT2D eigenvalue weighted by Gasteiger charge is 2.29. The van der Waals surface area contributed by atoms with Crippen LogP contribution < -0.4 is 20.1 Å². The second-order valence-corrected chi connectivity index (χ2v) is 14.6. The fourth-order valence-electron chi connectivity index (χ4n) is 3.97. The first-order valence-corrected chi connectivity index (χ1v) is 17.0. The van der Waals surface area contributed by atoms with Crippen molar-refractivity contribution in [3.05, 3.63) is 65.7 Å². The molecule has 4 N–H and O–H groups in total. The Kier molecular flexibility index (Phi) is 13.5. The standard InChI is InChI=1S/C28H43N3O7S2/c1-21(2)13-16-40(36,37)31-25(14-15-39(4,34)35)28(33)30-26(18-22-9-6-5-7-10-22)27(32)20-29-19-23-11-8-12-24(17-23)38-3/h5-12,17,21,25-27,29,31-32H,13-16,18-20H2,1-4H3,(H,30,33). The Morgan fingerprint density at radius 3 is 2.25 bits per heavy atom. The summed E-state index contributed by atoms with van der Waals surface area (Å²) < 4.78 is 56.7. The SMILES string of the molecule is COc1cccc(CNCC(O)C(Cc2ccccc2)NC(=O)C(CCS(C)(=O)=O)NS(=O)(=O)CCC(C)C)c1. The minimum atomic E-state index is -3.84. The topological polar surface area (TPSA) is 151 Å². The molecule has 10 nitrogen and oxygen atoms in total. The molecule has 2 rings (SSSR count). The number of aliphatic hydroxyl groups excluding tert-OH is 1. The molecule has 2 aromatic rings. The summed E-state index contributed by atoms with van der Waals surface area (Å²) in [6, 6.07) is 14.7. The number of carbonyl (C=O) groups is 1. The molecule has 0 radical (unpaired) electrons. The number of sulfone groups is 1. The van der Waals surface area contributed by atoms with Crippen LogP contribution >= 0.6 is 0 Å². The number of hydrogen-bond donors (Lipinski definition) is 4. The lowest BCUT2D eigenvalue weighted by Gasteiger charge is -2.27. The monoisotopic (exact) mass is 597 g/mol. The fourth-order valence-corrected chi connectivity index (χ4v) is 6.19. The Labute approximate surface area is 238 Å². The quantitative estimate of drug-likeness (QED) is 0.203. The Hall–Kier alpha value is -2.51. The average Bonchev–Trinajstić information content (AvgIpc) is 2.89. The largest absolute Gasteiger partial charge is 0.497 e. The average molecular weight is 598 g/mol. The van der Waals surface area contributed by atoms with E-state index in [0.29, 0.717) is 18.7 Å². The van der Waals surface area contributed by atoms with Gasteiger partial charge in [0.2, 0.25) is 15.9 Å². The van der Waals surface area contributed by atoms with E-state index in [1.54, 1.807) is 7.11 Å². The molecule has 3 unspecified atom stereocenters. The molecule has 224 valence electrons. The summed E-state index contributed by atoms with van der Waals surface area (Å²) in [6.45, 7) is 4.37. The number of benzene rings is 2. The second-order valence-electron chi connectivity index (χ2n) is 10.4. The molecule has 12 heteroatoms. The zero-order chi connectivity index (χ0) is 29.8. The first-order valence-electron chi connectivity index (χ1n) is 13.3. The van der Waals surface area contributed by atoms with Gasteiger partial charge in [0.05, 0.1) is 30.8 Å². The van der Waals surface area contributed by atoms with Gasteiger partial charge in [0, 0.05) is 19.3 Å². The van der Waals surface area contributed by atoms with Crippen molar-refractivity contribution in [3.63, 3.8) is 0 Å². The normalized spacial score (nSPS) is 14.4. The first-order chi connectivity index (χ1) is 18.8. The number of methoxy groups -OCH3 is 1. The molecule has 0 saturated heterocycles. The van der Waals surface area contributed by atoms with Gasteiger partial charge in [0.25, 0.3) is 0 Å². The van der Waals surface area contributed by atoms with E-state index in [9.17, 15) is 26.7 Å². The van der Waals surface area contributed by atoms with E-state index in [-0.39, 0.29) is 36.8 Å². The van der Waals surface area contributed by atoms with Gasteiger partial charge in [-0.25, -0.2) is 21.6 Å². The minimum Gasteiger partial charge on any atom is -0.497 e. The van der Waals surface area contributed by atoms with Crippen molar-refractivity contribution in [2.75, 3.05) is 31.4 Å². The Balaban J connectivity index is 2.18. The van der Waals surface area contributed by atoms with Gasteiger partial charge in [-0.2, -0.15) is 0 Å². The molecule has 0 heterocycles. The van der Waals surface area contributed by atoms with Crippen LogP contribution in [0.3, 0.4) is 0 Å². The fraction of sp³-hybridized carbons (Fsp3) is 0.536. The number of rotatable bonds is 18. The van der Waals surface area contributed by atoms with E-state index in [4.69, 9.17) is 4.74 Å². The van der Waals surface area contributed by atoms with Gasteiger partial charge in [-0.3, -0.25) is 4.79 Å². The van der Waals surface area contributed by atoms with Crippen LogP contribution in [0.2, 0.25) is 0 Å². The predicted molar refractivity (Wildman–Crippen MR) is 157 cm³/mol. The lowest BCUT2D eigenvalue weighted by atomic mass is 10.00. The van der Waals surface area contributed by atoms with Crippen molar-refractivity contribution in [2.45, 2.75) is 57.8 Å². The van der Waals surface area contributed by atoms with Gasteiger partial charge in [0.1, 0.15) is 21.6 Å². The third-order valence-corrected chi connectivity index (χ3v) is 8.68. The molecular formula is C28H43N3O7S2. The van der Waals surface area contributed by atoms with Crippen LogP contribution in [0.1, 0.15) is 37.8 Å². The number of nitrogens with one attached hydrogen (secondary N) is 3. The van der Waals surface area contributed by atoms with Crippen LogP contribution in [-0.2, 0) is 37.6 Å². The molecule has 40 heavy (non-hydrogen) atoms. The minimum absolute atomic E-state index is 0.134. The first kappa shape index (κ1) is 33.7. The zero-order valence-corrected chi connectivity index (χ0v) is 25.3. The molecule has 0 bridgehead atoms. The van der Waals surface area contributed by atoms with Crippen LogP contribution in [0.25, 0.3) is 0 Å². The maximum Gasteiger partial charge on any atom is 0.238 e. The van der Waals surface area contributed by atoms with Crippen molar-refractivity contribution in [1.29, 1.82) is 0 Å². The van der Waals surface area contributed by atoms with Crippen LogP contribution in [0, 0.1) is 5.92 Å². The smallest absolute Gasteiger partial charge is 0.238 e. The highest BCUT2D eigenvalue weighted by Crippen LogP contribution is 2.13. The Morgan fingerprint density at radius 1 is 0.950 bits per heavy atom. The molecular weight excluding hydrogens is 554 g/mol. The summed E-state index contributed by atoms with van der Waals surface area (Å²) in [5.74, 6) is -0.395. The van der Waals surface area contributed by atoms with E-state index in [1.807, 2.05) is 68.4 Å². The van der Waals surface area contributed by atoms with Crippen molar-refractivity contribution in [2.24, 2.45) is 5.92 Å². The third kappa shape index (κ3) is 13.2. The number of ether oxygens (including phenoxy) is 1. The molecule has 0 aromatic heterocycles. The van der Waals surface area contributed by atoms with Crippen molar-refractivity contribution in [3.8, 4) is 5.75 Å². The molecule has 0 fully saturated rings. The maximum absolute atomic E-state index is 13.4. The number of hydrogen-bond acceptors (Lipinski definition) is 8. The van der Waals surface area contributed by atoms with Gasteiger partial charge in [-0.1, -0.05) is 56.3 Å². The molecule has 0 saturated carbocycles. The summed E-state index contributed by atoms with van der Waals surface area (Å²) >= 11 is 0. The molecule has 0 aliphatic heterocycles. The van der Waals surface area contributed by atoms with Gasteiger partial charge < -0.3 is 20.5 Å².